The van der Waals surface area contributed by atoms with E-state index in [1.807, 2.05) is 6.92 Å². The number of hydrogen-bond donors (Lipinski definition) is 2. The van der Waals surface area contributed by atoms with Crippen molar-refractivity contribution in [2.75, 3.05) is 40.0 Å². The van der Waals surface area contributed by atoms with Gasteiger partial charge >= 0.3 is 5.97 Å². The highest BCUT2D eigenvalue weighted by molar-refractivity contribution is 5.69. The van der Waals surface area contributed by atoms with E-state index in [-0.39, 0.29) is 19.1 Å². The summed E-state index contributed by atoms with van der Waals surface area (Å²) in [6.45, 7) is 3.60. The van der Waals surface area contributed by atoms with Crippen LogP contribution < -0.4 is 0 Å². The predicted octanol–water partition coefficient (Wildman–Crippen LogP) is -0.352. The molecule has 1 unspecified atom stereocenters. The van der Waals surface area contributed by atoms with Crippen LogP contribution in [-0.4, -0.2) is 61.0 Å². The largest absolute Gasteiger partial charge is 0.480 e. The van der Waals surface area contributed by atoms with E-state index in [1.54, 1.807) is 12.0 Å². The van der Waals surface area contributed by atoms with E-state index in [0.717, 1.165) is 0 Å². The highest BCUT2D eigenvalue weighted by Gasteiger charge is 2.12. The zero-order valence-electron chi connectivity index (χ0n) is 8.77. The first-order chi connectivity index (χ1) is 6.60. The second-order valence-electron chi connectivity index (χ2n) is 3.41. The molecule has 0 spiro atoms. The molecule has 0 aromatic rings. The average Bonchev–Trinajstić information content (AvgIpc) is 2.13. The zero-order chi connectivity index (χ0) is 11.0. The lowest BCUT2D eigenvalue weighted by Gasteiger charge is -2.22. The van der Waals surface area contributed by atoms with Gasteiger partial charge in [-0.1, -0.05) is 6.92 Å². The number of aliphatic hydroxyl groups excluding tert-OH is 1. The van der Waals surface area contributed by atoms with Gasteiger partial charge in [-0.05, 0) is 5.92 Å². The lowest BCUT2D eigenvalue weighted by molar-refractivity contribution is -0.138. The van der Waals surface area contributed by atoms with Crippen molar-refractivity contribution >= 4 is 5.97 Å². The van der Waals surface area contributed by atoms with Gasteiger partial charge in [-0.3, -0.25) is 9.69 Å². The Kier molecular flexibility index (Phi) is 7.37. The topological polar surface area (TPSA) is 70.0 Å². The summed E-state index contributed by atoms with van der Waals surface area (Å²) in [7, 11) is 1.58. The van der Waals surface area contributed by atoms with Crippen molar-refractivity contribution in [2.24, 2.45) is 5.92 Å². The molecule has 0 saturated carbocycles. The Balaban J connectivity index is 3.89. The van der Waals surface area contributed by atoms with E-state index in [9.17, 15) is 4.79 Å². The second kappa shape index (κ2) is 7.73. The summed E-state index contributed by atoms with van der Waals surface area (Å²) in [4.78, 5) is 12.3. The number of carbonyl (C=O) groups is 1. The van der Waals surface area contributed by atoms with Crippen LogP contribution in [0.2, 0.25) is 0 Å². The maximum absolute atomic E-state index is 10.5. The number of carboxylic acids is 1. The first-order valence-electron chi connectivity index (χ1n) is 4.64. The number of aliphatic hydroxyl groups is 1. The van der Waals surface area contributed by atoms with Crippen molar-refractivity contribution < 1.29 is 19.7 Å². The molecular formula is C9H19NO4. The van der Waals surface area contributed by atoms with Crippen LogP contribution in [0.15, 0.2) is 0 Å². The number of ether oxygens (including phenoxy) is 1. The number of aliphatic carboxylic acids is 1. The Labute approximate surface area is 84.3 Å². The van der Waals surface area contributed by atoms with Gasteiger partial charge in [-0.2, -0.15) is 0 Å². The molecule has 5 nitrogen and oxygen atoms in total. The molecule has 0 bridgehead atoms. The van der Waals surface area contributed by atoms with Crippen LogP contribution in [0.25, 0.3) is 0 Å². The molecule has 0 aromatic carbocycles. The summed E-state index contributed by atoms with van der Waals surface area (Å²) in [5.41, 5.74) is 0. The third kappa shape index (κ3) is 6.82. The molecule has 0 heterocycles. The van der Waals surface area contributed by atoms with E-state index in [0.29, 0.717) is 19.7 Å². The van der Waals surface area contributed by atoms with Crippen LogP contribution in [0, 0.1) is 5.92 Å². The summed E-state index contributed by atoms with van der Waals surface area (Å²) in [6, 6.07) is 0. The van der Waals surface area contributed by atoms with Crippen LogP contribution in [0.5, 0.6) is 0 Å². The minimum Gasteiger partial charge on any atom is -0.480 e. The number of hydrogen-bond acceptors (Lipinski definition) is 4. The van der Waals surface area contributed by atoms with E-state index in [4.69, 9.17) is 14.9 Å². The molecule has 0 aliphatic heterocycles. The SMILES string of the molecule is COCCN(CC(=O)O)CC(C)CO. The molecule has 0 radical (unpaired) electrons. The molecule has 2 N–H and O–H groups in total. The van der Waals surface area contributed by atoms with Gasteiger partial charge in [0.15, 0.2) is 0 Å². The predicted molar refractivity (Wildman–Crippen MR) is 52.2 cm³/mol. The molecule has 0 amide bonds. The monoisotopic (exact) mass is 205 g/mol. The Morgan fingerprint density at radius 1 is 1.57 bits per heavy atom. The van der Waals surface area contributed by atoms with Crippen LogP contribution in [-0.2, 0) is 9.53 Å². The molecule has 0 saturated heterocycles. The first-order valence-corrected chi connectivity index (χ1v) is 4.64. The van der Waals surface area contributed by atoms with Gasteiger partial charge in [0.25, 0.3) is 0 Å². The molecule has 0 rings (SSSR count). The van der Waals surface area contributed by atoms with Gasteiger partial charge in [0.2, 0.25) is 0 Å². The molecule has 84 valence electrons. The lowest BCUT2D eigenvalue weighted by atomic mass is 10.2. The summed E-state index contributed by atoms with van der Waals surface area (Å²) in [6.07, 6.45) is 0. The maximum Gasteiger partial charge on any atom is 0.317 e. The number of rotatable bonds is 8. The molecular weight excluding hydrogens is 186 g/mol. The van der Waals surface area contributed by atoms with Crippen molar-refractivity contribution in [3.8, 4) is 0 Å². The van der Waals surface area contributed by atoms with Crippen molar-refractivity contribution in [1.29, 1.82) is 0 Å². The molecule has 1 atom stereocenters. The molecule has 14 heavy (non-hydrogen) atoms. The van der Waals surface area contributed by atoms with Crippen LogP contribution >= 0.6 is 0 Å². The van der Waals surface area contributed by atoms with Crippen molar-refractivity contribution in [3.63, 3.8) is 0 Å². The van der Waals surface area contributed by atoms with Crippen molar-refractivity contribution in [3.05, 3.63) is 0 Å². The molecule has 0 fully saturated rings. The fourth-order valence-electron chi connectivity index (χ4n) is 1.15. The quantitative estimate of drug-likeness (QED) is 0.566. The van der Waals surface area contributed by atoms with Gasteiger partial charge in [-0.15, -0.1) is 0 Å². The molecule has 0 aromatic heterocycles. The molecule has 5 heteroatoms. The van der Waals surface area contributed by atoms with E-state index < -0.39 is 5.97 Å². The van der Waals surface area contributed by atoms with Crippen molar-refractivity contribution in [1.82, 2.24) is 4.90 Å². The van der Waals surface area contributed by atoms with Gasteiger partial charge < -0.3 is 14.9 Å². The minimum atomic E-state index is -0.855. The first kappa shape index (κ1) is 13.4. The summed E-state index contributed by atoms with van der Waals surface area (Å²) in [5.74, 6) is -0.766. The fraction of sp³-hybridized carbons (Fsp3) is 0.889. The summed E-state index contributed by atoms with van der Waals surface area (Å²) in [5, 5.41) is 17.5. The van der Waals surface area contributed by atoms with Gasteiger partial charge in [0, 0.05) is 26.8 Å². The normalized spacial score (nSPS) is 13.1. The van der Waals surface area contributed by atoms with Crippen molar-refractivity contribution in [2.45, 2.75) is 6.92 Å². The average molecular weight is 205 g/mol. The van der Waals surface area contributed by atoms with Crippen LogP contribution in [0.1, 0.15) is 6.92 Å². The van der Waals surface area contributed by atoms with Gasteiger partial charge in [0.1, 0.15) is 0 Å². The number of carboxylic acid groups (broad SMARTS) is 1. The Morgan fingerprint density at radius 3 is 2.64 bits per heavy atom. The number of nitrogens with zero attached hydrogens (tertiary/aromatic N) is 1. The van der Waals surface area contributed by atoms with Crippen LogP contribution in [0.4, 0.5) is 0 Å². The molecule has 0 aliphatic carbocycles. The Morgan fingerprint density at radius 2 is 2.21 bits per heavy atom. The minimum absolute atomic E-state index is 0.00625. The Bertz CT molecular complexity index is 163. The third-order valence-corrected chi connectivity index (χ3v) is 1.85. The standard InChI is InChI=1S/C9H19NO4/c1-8(7-11)5-10(3-4-14-2)6-9(12)13/h8,11H,3-7H2,1-2H3,(H,12,13). The number of methoxy groups -OCH3 is 1. The smallest absolute Gasteiger partial charge is 0.317 e. The van der Waals surface area contributed by atoms with E-state index in [2.05, 4.69) is 0 Å². The van der Waals surface area contributed by atoms with Gasteiger partial charge in [-0.25, -0.2) is 0 Å². The molecule has 0 aliphatic rings. The maximum atomic E-state index is 10.5. The highest BCUT2D eigenvalue weighted by atomic mass is 16.5. The fourth-order valence-corrected chi connectivity index (χ4v) is 1.15. The third-order valence-electron chi connectivity index (χ3n) is 1.85. The highest BCUT2D eigenvalue weighted by Crippen LogP contribution is 1.98. The Hall–Kier alpha value is -0.650. The van der Waals surface area contributed by atoms with Gasteiger partial charge in [0.05, 0.1) is 13.2 Å². The van der Waals surface area contributed by atoms with Crippen LogP contribution in [0.3, 0.4) is 0 Å². The lowest BCUT2D eigenvalue weighted by Crippen LogP contribution is -2.36. The summed E-state index contributed by atoms with van der Waals surface area (Å²) < 4.78 is 4.87. The van der Waals surface area contributed by atoms with E-state index >= 15 is 0 Å². The second-order valence-corrected chi connectivity index (χ2v) is 3.41. The van der Waals surface area contributed by atoms with E-state index in [1.165, 1.54) is 0 Å². The summed E-state index contributed by atoms with van der Waals surface area (Å²) >= 11 is 0. The zero-order valence-corrected chi connectivity index (χ0v) is 8.77.